The van der Waals surface area contributed by atoms with E-state index in [0.717, 1.165) is 34.6 Å². The topological polar surface area (TPSA) is 59.6 Å². The maximum atomic E-state index is 13.3. The smallest absolute Gasteiger partial charge is 0.253 e. The van der Waals surface area contributed by atoms with E-state index >= 15 is 0 Å². The highest BCUT2D eigenvalue weighted by Crippen LogP contribution is 2.45. The molecule has 0 spiro atoms. The van der Waals surface area contributed by atoms with Crippen molar-refractivity contribution in [1.82, 2.24) is 5.01 Å². The van der Waals surface area contributed by atoms with E-state index in [1.165, 1.54) is 28.4 Å². The number of hydrazone groups is 1. The fourth-order valence-corrected chi connectivity index (χ4v) is 6.54. The van der Waals surface area contributed by atoms with Crippen LogP contribution in [0.25, 0.3) is 6.08 Å². The fourth-order valence-electron chi connectivity index (χ4n) is 4.22. The van der Waals surface area contributed by atoms with Crippen LogP contribution in [0.1, 0.15) is 35.1 Å². The van der Waals surface area contributed by atoms with E-state index in [-0.39, 0.29) is 23.6 Å². The summed E-state index contributed by atoms with van der Waals surface area (Å²) in [5.74, 6) is 0.333. The van der Waals surface area contributed by atoms with Gasteiger partial charge in [-0.15, -0.1) is 22.7 Å². The molecule has 1 fully saturated rings. The minimum Gasteiger partial charge on any atom is -0.618 e. The Morgan fingerprint density at radius 1 is 1.23 bits per heavy atom. The van der Waals surface area contributed by atoms with Gasteiger partial charge >= 0.3 is 0 Å². The molecule has 2 unspecified atom stereocenters. The van der Waals surface area contributed by atoms with Gasteiger partial charge in [0, 0.05) is 27.8 Å². The first-order valence-electron chi connectivity index (χ1n) is 10.2. The SMILES string of the molecule is O=C(CSc1cccc[n+]1[O-])N1N=C2C(=Cc3cccs3)CCCC2C1c1cccs1. The highest BCUT2D eigenvalue weighted by molar-refractivity contribution is 7.99. The van der Waals surface area contributed by atoms with Crippen LogP contribution in [0.2, 0.25) is 0 Å². The Balaban J connectivity index is 1.44. The Kier molecular flexibility index (Phi) is 5.93. The van der Waals surface area contributed by atoms with Crippen molar-refractivity contribution in [2.75, 3.05) is 5.75 Å². The van der Waals surface area contributed by atoms with Crippen molar-refractivity contribution in [3.05, 3.63) is 80.0 Å². The molecule has 2 atom stereocenters. The average molecular weight is 468 g/mol. The fraction of sp³-hybridized carbons (Fsp3) is 0.261. The predicted octanol–water partition coefficient (Wildman–Crippen LogP) is 5.36. The quantitative estimate of drug-likeness (QED) is 0.288. The monoisotopic (exact) mass is 467 g/mol. The lowest BCUT2D eigenvalue weighted by Gasteiger charge is -2.28. The summed E-state index contributed by atoms with van der Waals surface area (Å²) in [6.07, 6.45) is 6.79. The minimum absolute atomic E-state index is 0.0646. The molecular formula is C23H21N3O2S3. The zero-order valence-corrected chi connectivity index (χ0v) is 19.2. The van der Waals surface area contributed by atoms with E-state index < -0.39 is 0 Å². The Hall–Kier alpha value is -2.42. The maximum absolute atomic E-state index is 13.3. The zero-order valence-electron chi connectivity index (χ0n) is 16.7. The van der Waals surface area contributed by atoms with Crippen LogP contribution in [0.5, 0.6) is 0 Å². The molecular weight excluding hydrogens is 446 g/mol. The van der Waals surface area contributed by atoms with Crippen molar-refractivity contribution in [3.63, 3.8) is 0 Å². The number of amides is 1. The number of thiophene rings is 2. The molecule has 31 heavy (non-hydrogen) atoms. The third-order valence-corrected chi connectivity index (χ3v) is 8.35. The van der Waals surface area contributed by atoms with Gasteiger partial charge in [-0.25, -0.2) is 5.01 Å². The second-order valence-corrected chi connectivity index (χ2v) is 10.5. The number of pyridine rings is 1. The van der Waals surface area contributed by atoms with Gasteiger partial charge in [-0.3, -0.25) is 4.79 Å². The second kappa shape index (κ2) is 8.98. The van der Waals surface area contributed by atoms with Crippen molar-refractivity contribution in [1.29, 1.82) is 0 Å². The van der Waals surface area contributed by atoms with E-state index in [0.29, 0.717) is 5.03 Å². The highest BCUT2D eigenvalue weighted by Gasteiger charge is 2.44. The first kappa shape index (κ1) is 20.5. The van der Waals surface area contributed by atoms with E-state index in [4.69, 9.17) is 5.10 Å². The van der Waals surface area contributed by atoms with Crippen LogP contribution in [0.4, 0.5) is 0 Å². The number of fused-ring (bicyclic) bond motifs is 1. The van der Waals surface area contributed by atoms with Crippen molar-refractivity contribution in [3.8, 4) is 0 Å². The first-order chi connectivity index (χ1) is 15.2. The molecule has 4 heterocycles. The zero-order chi connectivity index (χ0) is 21.2. The summed E-state index contributed by atoms with van der Waals surface area (Å²) in [5.41, 5.74) is 2.29. The third-order valence-electron chi connectivity index (χ3n) is 5.58. The van der Waals surface area contributed by atoms with Gasteiger partial charge in [0.25, 0.3) is 10.9 Å². The van der Waals surface area contributed by atoms with Gasteiger partial charge in [0.05, 0.1) is 17.5 Å². The van der Waals surface area contributed by atoms with E-state index in [2.05, 4.69) is 35.0 Å². The van der Waals surface area contributed by atoms with Crippen LogP contribution in [-0.2, 0) is 4.79 Å². The Bertz CT molecular complexity index is 1120. The summed E-state index contributed by atoms with van der Waals surface area (Å²) in [4.78, 5) is 15.7. The summed E-state index contributed by atoms with van der Waals surface area (Å²) >= 11 is 4.65. The number of carbonyl (C=O) groups excluding carboxylic acids is 1. The van der Waals surface area contributed by atoms with Crippen molar-refractivity contribution >= 4 is 52.1 Å². The summed E-state index contributed by atoms with van der Waals surface area (Å²) in [6.45, 7) is 0. The molecule has 0 aromatic carbocycles. The molecule has 0 saturated heterocycles. The summed E-state index contributed by atoms with van der Waals surface area (Å²) in [6, 6.07) is 13.5. The normalized spacial score (nSPS) is 21.9. The molecule has 5 nitrogen and oxygen atoms in total. The van der Waals surface area contributed by atoms with Crippen LogP contribution in [-0.4, -0.2) is 22.4 Å². The molecule has 1 aliphatic carbocycles. The molecule has 1 amide bonds. The summed E-state index contributed by atoms with van der Waals surface area (Å²) < 4.78 is 0.798. The van der Waals surface area contributed by atoms with E-state index in [1.807, 2.05) is 12.1 Å². The number of nitrogens with zero attached hydrogens (tertiary/aromatic N) is 3. The van der Waals surface area contributed by atoms with Gasteiger partial charge < -0.3 is 5.21 Å². The molecule has 0 radical (unpaired) electrons. The molecule has 1 saturated carbocycles. The number of thioether (sulfide) groups is 1. The molecule has 5 rings (SSSR count). The van der Waals surface area contributed by atoms with Gasteiger partial charge in [-0.2, -0.15) is 9.83 Å². The molecule has 0 bridgehead atoms. The van der Waals surface area contributed by atoms with E-state index in [1.54, 1.807) is 39.8 Å². The van der Waals surface area contributed by atoms with Gasteiger partial charge in [0.1, 0.15) is 0 Å². The van der Waals surface area contributed by atoms with Gasteiger partial charge in [-0.1, -0.05) is 12.1 Å². The molecule has 1 aliphatic heterocycles. The lowest BCUT2D eigenvalue weighted by Crippen LogP contribution is -2.33. The van der Waals surface area contributed by atoms with Crippen molar-refractivity contribution in [2.45, 2.75) is 30.3 Å². The Morgan fingerprint density at radius 2 is 2.10 bits per heavy atom. The van der Waals surface area contributed by atoms with Gasteiger partial charge in [-0.05, 0) is 71.6 Å². The number of rotatable bonds is 5. The molecule has 0 N–H and O–H groups in total. The summed E-state index contributed by atoms with van der Waals surface area (Å²) in [7, 11) is 0. The van der Waals surface area contributed by atoms with E-state index in [9.17, 15) is 10.0 Å². The van der Waals surface area contributed by atoms with Crippen molar-refractivity contribution in [2.24, 2.45) is 11.0 Å². The van der Waals surface area contributed by atoms with Crippen LogP contribution < -0.4 is 4.73 Å². The summed E-state index contributed by atoms with van der Waals surface area (Å²) in [5, 5.41) is 23.2. The van der Waals surface area contributed by atoms with Gasteiger partial charge in [0.2, 0.25) is 0 Å². The number of allylic oxidation sites excluding steroid dienone is 1. The van der Waals surface area contributed by atoms with Crippen LogP contribution in [0.15, 0.2) is 75.1 Å². The third kappa shape index (κ3) is 4.20. The number of carbonyl (C=O) groups is 1. The Labute approximate surface area is 193 Å². The van der Waals surface area contributed by atoms with Crippen molar-refractivity contribution < 1.29 is 9.52 Å². The molecule has 3 aromatic heterocycles. The first-order valence-corrected chi connectivity index (χ1v) is 12.9. The molecule has 158 valence electrons. The largest absolute Gasteiger partial charge is 0.618 e. The number of aromatic nitrogens is 1. The average Bonchev–Trinajstić information content (AvgIpc) is 3.53. The highest BCUT2D eigenvalue weighted by atomic mass is 32.2. The lowest BCUT2D eigenvalue weighted by molar-refractivity contribution is -0.645. The lowest BCUT2D eigenvalue weighted by atomic mass is 9.79. The standard InChI is InChI=1S/C23H21N3O2S3/c27-20(15-31-21-10-1-2-11-25(21)28)26-23(19-9-5-13-30-19)18-8-3-6-16(22(18)24-26)14-17-7-4-12-29-17/h1-2,4-5,7,9-14,18,23H,3,6,8,15H2. The molecule has 3 aromatic rings. The van der Waals surface area contributed by atoms with Gasteiger partial charge in [0.15, 0.2) is 6.20 Å². The second-order valence-electron chi connectivity index (χ2n) is 7.52. The van der Waals surface area contributed by atoms with Crippen LogP contribution in [0.3, 0.4) is 0 Å². The Morgan fingerprint density at radius 3 is 2.87 bits per heavy atom. The number of hydrogen-bond donors (Lipinski definition) is 0. The maximum Gasteiger partial charge on any atom is 0.253 e. The number of hydrogen-bond acceptors (Lipinski definition) is 6. The predicted molar refractivity (Wildman–Crippen MR) is 127 cm³/mol. The minimum atomic E-state index is -0.0652. The van der Waals surface area contributed by atoms with Crippen LogP contribution in [0, 0.1) is 11.1 Å². The molecule has 8 heteroatoms. The van der Waals surface area contributed by atoms with Crippen LogP contribution >= 0.6 is 34.4 Å². The molecule has 2 aliphatic rings.